The van der Waals surface area contributed by atoms with Crippen LogP contribution in [0, 0.1) is 5.82 Å². The lowest BCUT2D eigenvalue weighted by Crippen LogP contribution is -2.01. The number of aromatic nitrogens is 2. The number of nitrogens with one attached hydrogen (secondary N) is 1. The lowest BCUT2D eigenvalue weighted by atomic mass is 10.3. The molecule has 0 saturated heterocycles. The third kappa shape index (κ3) is 3.01. The van der Waals surface area contributed by atoms with Crippen molar-refractivity contribution in [3.8, 4) is 0 Å². The van der Waals surface area contributed by atoms with Crippen molar-refractivity contribution in [3.63, 3.8) is 0 Å². The first-order chi connectivity index (χ1) is 8.45. The van der Waals surface area contributed by atoms with Gasteiger partial charge >= 0.3 is 0 Å². The standard InChI is InChI=1S/C10H6BrCl2FN4/c11-7-3-8(15)18-10(17-7)16-4-1-5(12)9(14)6(13)2-4/h1-3H,(H3,15,16,17,18). The molecule has 3 N–H and O–H groups in total. The summed E-state index contributed by atoms with van der Waals surface area (Å²) >= 11 is 14.5. The van der Waals surface area contributed by atoms with E-state index in [2.05, 4.69) is 31.2 Å². The molecular weight excluding hydrogens is 346 g/mol. The van der Waals surface area contributed by atoms with E-state index in [1.165, 1.54) is 12.1 Å². The van der Waals surface area contributed by atoms with Gasteiger partial charge < -0.3 is 11.1 Å². The molecule has 0 spiro atoms. The summed E-state index contributed by atoms with van der Waals surface area (Å²) in [5.74, 6) is -0.127. The molecular formula is C10H6BrCl2FN4. The van der Waals surface area contributed by atoms with E-state index in [-0.39, 0.29) is 16.0 Å². The summed E-state index contributed by atoms with van der Waals surface area (Å²) in [7, 11) is 0. The monoisotopic (exact) mass is 350 g/mol. The van der Waals surface area contributed by atoms with Crippen LogP contribution in [0.5, 0.6) is 0 Å². The minimum Gasteiger partial charge on any atom is -0.383 e. The highest BCUT2D eigenvalue weighted by Crippen LogP contribution is 2.28. The van der Waals surface area contributed by atoms with Gasteiger partial charge in [-0.2, -0.15) is 4.98 Å². The zero-order chi connectivity index (χ0) is 13.3. The zero-order valence-electron chi connectivity index (χ0n) is 8.72. The molecule has 0 saturated carbocycles. The summed E-state index contributed by atoms with van der Waals surface area (Å²) in [6, 6.07) is 4.31. The summed E-state index contributed by atoms with van der Waals surface area (Å²) in [4.78, 5) is 8.00. The van der Waals surface area contributed by atoms with Crippen molar-refractivity contribution >= 4 is 56.6 Å². The summed E-state index contributed by atoms with van der Waals surface area (Å²) < 4.78 is 13.8. The average molecular weight is 352 g/mol. The third-order valence-electron chi connectivity index (χ3n) is 1.95. The molecule has 2 rings (SSSR count). The Balaban J connectivity index is 2.34. The second-order valence-corrected chi connectivity index (χ2v) is 4.94. The van der Waals surface area contributed by atoms with Crippen LogP contribution in [0.1, 0.15) is 0 Å². The molecule has 0 aliphatic rings. The Kier molecular flexibility index (Phi) is 3.89. The number of anilines is 3. The third-order valence-corrected chi connectivity index (χ3v) is 2.91. The first-order valence-electron chi connectivity index (χ1n) is 4.67. The van der Waals surface area contributed by atoms with Gasteiger partial charge in [0.1, 0.15) is 10.4 Å². The topological polar surface area (TPSA) is 63.8 Å². The predicted molar refractivity (Wildman–Crippen MR) is 73.8 cm³/mol. The zero-order valence-corrected chi connectivity index (χ0v) is 11.8. The van der Waals surface area contributed by atoms with Gasteiger partial charge in [0.25, 0.3) is 0 Å². The molecule has 18 heavy (non-hydrogen) atoms. The second kappa shape index (κ2) is 5.26. The van der Waals surface area contributed by atoms with E-state index >= 15 is 0 Å². The molecule has 0 aliphatic heterocycles. The van der Waals surface area contributed by atoms with E-state index in [1.807, 2.05) is 0 Å². The maximum Gasteiger partial charge on any atom is 0.230 e. The smallest absolute Gasteiger partial charge is 0.230 e. The maximum atomic E-state index is 13.2. The van der Waals surface area contributed by atoms with Gasteiger partial charge in [0.15, 0.2) is 5.82 Å². The van der Waals surface area contributed by atoms with Crippen LogP contribution in [0.25, 0.3) is 0 Å². The SMILES string of the molecule is Nc1cc(Br)nc(Nc2cc(Cl)c(F)c(Cl)c2)n1. The molecule has 2 aromatic rings. The molecule has 0 atom stereocenters. The summed E-state index contributed by atoms with van der Waals surface area (Å²) in [6.45, 7) is 0. The highest BCUT2D eigenvalue weighted by Gasteiger charge is 2.09. The summed E-state index contributed by atoms with van der Waals surface area (Å²) in [5, 5.41) is 2.65. The van der Waals surface area contributed by atoms with Gasteiger partial charge in [0, 0.05) is 11.8 Å². The van der Waals surface area contributed by atoms with Crippen LogP contribution >= 0.6 is 39.1 Å². The summed E-state index contributed by atoms with van der Waals surface area (Å²) in [6.07, 6.45) is 0. The van der Waals surface area contributed by atoms with Gasteiger partial charge in [0.05, 0.1) is 10.0 Å². The average Bonchev–Trinajstić information content (AvgIpc) is 2.24. The van der Waals surface area contributed by atoms with Crippen molar-refractivity contribution in [2.75, 3.05) is 11.1 Å². The normalized spacial score (nSPS) is 10.4. The van der Waals surface area contributed by atoms with Crippen molar-refractivity contribution < 1.29 is 4.39 Å². The molecule has 0 unspecified atom stereocenters. The number of nitrogen functional groups attached to an aromatic ring is 1. The maximum absolute atomic E-state index is 13.2. The van der Waals surface area contributed by atoms with Crippen molar-refractivity contribution in [3.05, 3.63) is 38.7 Å². The molecule has 0 radical (unpaired) electrons. The molecule has 1 heterocycles. The Morgan fingerprint density at radius 3 is 2.33 bits per heavy atom. The van der Waals surface area contributed by atoms with Gasteiger partial charge in [-0.1, -0.05) is 23.2 Å². The largest absolute Gasteiger partial charge is 0.383 e. The first kappa shape index (κ1) is 13.3. The van der Waals surface area contributed by atoms with Crippen LogP contribution in [0.2, 0.25) is 10.0 Å². The fourth-order valence-electron chi connectivity index (χ4n) is 1.25. The summed E-state index contributed by atoms with van der Waals surface area (Å²) in [5.41, 5.74) is 6.03. The number of nitrogens with two attached hydrogens (primary N) is 1. The number of halogens is 4. The number of rotatable bonds is 2. The molecule has 0 amide bonds. The lowest BCUT2D eigenvalue weighted by Gasteiger charge is -2.07. The highest BCUT2D eigenvalue weighted by atomic mass is 79.9. The van der Waals surface area contributed by atoms with Crippen LogP contribution in [0.3, 0.4) is 0 Å². The Morgan fingerprint density at radius 1 is 1.17 bits per heavy atom. The molecule has 4 nitrogen and oxygen atoms in total. The Labute approximate surface area is 120 Å². The Bertz CT molecular complexity index is 565. The lowest BCUT2D eigenvalue weighted by molar-refractivity contribution is 0.629. The van der Waals surface area contributed by atoms with E-state index in [0.717, 1.165) is 0 Å². The van der Waals surface area contributed by atoms with Crippen molar-refractivity contribution in [1.82, 2.24) is 9.97 Å². The van der Waals surface area contributed by atoms with Crippen molar-refractivity contribution in [2.24, 2.45) is 0 Å². The quantitative estimate of drug-likeness (QED) is 0.633. The Morgan fingerprint density at radius 2 is 1.78 bits per heavy atom. The molecule has 0 fully saturated rings. The van der Waals surface area contributed by atoms with Gasteiger partial charge in [-0.15, -0.1) is 0 Å². The van der Waals surface area contributed by atoms with E-state index in [0.29, 0.717) is 16.1 Å². The fraction of sp³-hybridized carbons (Fsp3) is 0. The molecule has 1 aromatic heterocycles. The van der Waals surface area contributed by atoms with E-state index in [1.54, 1.807) is 6.07 Å². The van der Waals surface area contributed by atoms with E-state index in [4.69, 9.17) is 28.9 Å². The predicted octanol–water partition coefficient (Wildman–Crippen LogP) is 4.01. The van der Waals surface area contributed by atoms with Crippen LogP contribution in [0.4, 0.5) is 21.8 Å². The minimum absolute atomic E-state index is 0.0898. The van der Waals surface area contributed by atoms with Crippen LogP contribution in [-0.4, -0.2) is 9.97 Å². The fourth-order valence-corrected chi connectivity index (χ4v) is 2.14. The molecule has 1 aromatic carbocycles. The van der Waals surface area contributed by atoms with Crippen LogP contribution in [0.15, 0.2) is 22.8 Å². The number of benzene rings is 1. The van der Waals surface area contributed by atoms with E-state index < -0.39 is 5.82 Å². The van der Waals surface area contributed by atoms with Gasteiger partial charge in [-0.25, -0.2) is 9.37 Å². The van der Waals surface area contributed by atoms with Gasteiger partial charge in [-0.3, -0.25) is 0 Å². The minimum atomic E-state index is -0.668. The van der Waals surface area contributed by atoms with Crippen molar-refractivity contribution in [2.45, 2.75) is 0 Å². The molecule has 94 valence electrons. The first-order valence-corrected chi connectivity index (χ1v) is 6.22. The number of nitrogens with zero attached hydrogens (tertiary/aromatic N) is 2. The van der Waals surface area contributed by atoms with Gasteiger partial charge in [-0.05, 0) is 28.1 Å². The molecule has 8 heteroatoms. The van der Waals surface area contributed by atoms with E-state index in [9.17, 15) is 4.39 Å². The van der Waals surface area contributed by atoms with Crippen molar-refractivity contribution in [1.29, 1.82) is 0 Å². The van der Waals surface area contributed by atoms with Gasteiger partial charge in [0.2, 0.25) is 5.95 Å². The Hall–Kier alpha value is -1.11. The molecule has 0 bridgehead atoms. The van der Waals surface area contributed by atoms with Crippen LogP contribution in [-0.2, 0) is 0 Å². The number of hydrogen-bond acceptors (Lipinski definition) is 4. The highest BCUT2D eigenvalue weighted by molar-refractivity contribution is 9.10. The van der Waals surface area contributed by atoms with Crippen LogP contribution < -0.4 is 11.1 Å². The molecule has 0 aliphatic carbocycles. The number of hydrogen-bond donors (Lipinski definition) is 2. The second-order valence-electron chi connectivity index (χ2n) is 3.32.